The van der Waals surface area contributed by atoms with Crippen LogP contribution in [0, 0.1) is 19.3 Å². The summed E-state index contributed by atoms with van der Waals surface area (Å²) >= 11 is 6.80. The van der Waals surface area contributed by atoms with Crippen LogP contribution in [0.25, 0.3) is 6.08 Å². The van der Waals surface area contributed by atoms with Crippen LogP contribution in [-0.4, -0.2) is 31.1 Å². The molecule has 1 aliphatic heterocycles. The molecule has 2 aromatic carbocycles. The number of ether oxygens (including phenoxy) is 2. The van der Waals surface area contributed by atoms with E-state index >= 15 is 0 Å². The fourth-order valence-electron chi connectivity index (χ4n) is 3.01. The molecule has 1 aliphatic rings. The molecule has 1 N–H and O–H groups in total. The van der Waals surface area contributed by atoms with Crippen LogP contribution in [-0.2, 0) is 9.59 Å². The standard InChI is InChI=1S/C23H18Br2N2O5/c1-4-8-32-20-18(25)11-14(12-19(20)31-5-2)10-16-21(28)26-23(30)27(22(16)29)15-6-7-17(24)13(3)9-15/h1,6-7,9-12H,5,8H2,2-3H3,(H,26,28,30)/b16-10+. The number of terminal acetylenes is 1. The van der Waals surface area contributed by atoms with Crippen LogP contribution in [0.4, 0.5) is 10.5 Å². The number of halogens is 2. The first-order valence-electron chi connectivity index (χ1n) is 9.47. The van der Waals surface area contributed by atoms with Crippen molar-refractivity contribution in [1.82, 2.24) is 5.32 Å². The van der Waals surface area contributed by atoms with Gasteiger partial charge in [0.25, 0.3) is 11.8 Å². The highest BCUT2D eigenvalue weighted by Crippen LogP contribution is 2.38. The SMILES string of the molecule is C#CCOc1c(Br)cc(/C=C2\C(=O)NC(=O)N(c3ccc(Br)c(C)c3)C2=O)cc1OCC. The van der Waals surface area contributed by atoms with E-state index in [0.29, 0.717) is 33.8 Å². The predicted molar refractivity (Wildman–Crippen MR) is 128 cm³/mol. The Kier molecular flexibility index (Phi) is 7.38. The first-order valence-corrected chi connectivity index (χ1v) is 11.1. The molecule has 4 amide bonds. The average molecular weight is 562 g/mol. The Morgan fingerprint density at radius 2 is 1.88 bits per heavy atom. The van der Waals surface area contributed by atoms with E-state index in [4.69, 9.17) is 15.9 Å². The summed E-state index contributed by atoms with van der Waals surface area (Å²) in [6, 6.07) is 7.49. The van der Waals surface area contributed by atoms with Gasteiger partial charge in [0.2, 0.25) is 0 Å². The van der Waals surface area contributed by atoms with Crippen molar-refractivity contribution in [3.8, 4) is 23.8 Å². The Hall–Kier alpha value is -3.09. The highest BCUT2D eigenvalue weighted by atomic mass is 79.9. The minimum absolute atomic E-state index is 0.0453. The number of amides is 4. The van der Waals surface area contributed by atoms with Crippen LogP contribution in [0.1, 0.15) is 18.1 Å². The third-order valence-corrected chi connectivity index (χ3v) is 5.92. The fourth-order valence-corrected chi connectivity index (χ4v) is 3.84. The molecule has 0 spiro atoms. The molecular formula is C23H18Br2N2O5. The fraction of sp³-hybridized carbons (Fsp3) is 0.174. The van der Waals surface area contributed by atoms with E-state index in [2.05, 4.69) is 43.1 Å². The minimum Gasteiger partial charge on any atom is -0.490 e. The van der Waals surface area contributed by atoms with Crippen molar-refractivity contribution in [2.24, 2.45) is 0 Å². The highest BCUT2D eigenvalue weighted by Gasteiger charge is 2.37. The molecule has 0 atom stereocenters. The van der Waals surface area contributed by atoms with Crippen molar-refractivity contribution in [3.63, 3.8) is 0 Å². The third kappa shape index (κ3) is 4.87. The van der Waals surface area contributed by atoms with E-state index in [1.807, 2.05) is 13.8 Å². The van der Waals surface area contributed by atoms with Gasteiger partial charge < -0.3 is 9.47 Å². The lowest BCUT2D eigenvalue weighted by Gasteiger charge is -2.26. The molecule has 2 aromatic rings. The zero-order chi connectivity index (χ0) is 23.4. The van der Waals surface area contributed by atoms with Gasteiger partial charge in [-0.3, -0.25) is 14.9 Å². The Morgan fingerprint density at radius 1 is 1.12 bits per heavy atom. The number of imide groups is 2. The van der Waals surface area contributed by atoms with Gasteiger partial charge in [0.1, 0.15) is 12.2 Å². The number of hydrogen-bond acceptors (Lipinski definition) is 5. The Bertz CT molecular complexity index is 1180. The number of hydrogen-bond donors (Lipinski definition) is 1. The number of anilines is 1. The molecular weight excluding hydrogens is 544 g/mol. The lowest BCUT2D eigenvalue weighted by atomic mass is 10.1. The van der Waals surface area contributed by atoms with Gasteiger partial charge in [-0.05, 0) is 77.3 Å². The summed E-state index contributed by atoms with van der Waals surface area (Å²) in [6.07, 6.45) is 6.66. The average Bonchev–Trinajstić information content (AvgIpc) is 2.73. The van der Waals surface area contributed by atoms with Crippen molar-refractivity contribution in [3.05, 3.63) is 56.0 Å². The zero-order valence-electron chi connectivity index (χ0n) is 17.2. The molecule has 0 unspecified atom stereocenters. The summed E-state index contributed by atoms with van der Waals surface area (Å²) < 4.78 is 12.5. The van der Waals surface area contributed by atoms with Gasteiger partial charge in [0.05, 0.1) is 16.8 Å². The van der Waals surface area contributed by atoms with Crippen molar-refractivity contribution in [2.45, 2.75) is 13.8 Å². The van der Waals surface area contributed by atoms with Gasteiger partial charge in [-0.2, -0.15) is 0 Å². The molecule has 7 nitrogen and oxygen atoms in total. The van der Waals surface area contributed by atoms with Crippen molar-refractivity contribution in [1.29, 1.82) is 0 Å². The molecule has 1 fully saturated rings. The van der Waals surface area contributed by atoms with E-state index in [0.717, 1.165) is 14.9 Å². The molecule has 3 rings (SSSR count). The molecule has 9 heteroatoms. The normalized spacial score (nSPS) is 14.9. The van der Waals surface area contributed by atoms with Gasteiger partial charge >= 0.3 is 6.03 Å². The summed E-state index contributed by atoms with van der Waals surface area (Å²) in [5, 5.41) is 2.21. The summed E-state index contributed by atoms with van der Waals surface area (Å²) in [5.74, 6) is 1.67. The second-order valence-electron chi connectivity index (χ2n) is 6.65. The number of carbonyl (C=O) groups is 3. The minimum atomic E-state index is -0.812. The molecule has 164 valence electrons. The van der Waals surface area contributed by atoms with Gasteiger partial charge in [-0.15, -0.1) is 6.42 Å². The summed E-state index contributed by atoms with van der Waals surface area (Å²) in [6.45, 7) is 4.05. The van der Waals surface area contributed by atoms with E-state index in [1.54, 1.807) is 30.3 Å². The lowest BCUT2D eigenvalue weighted by Crippen LogP contribution is -2.54. The van der Waals surface area contributed by atoms with Gasteiger partial charge in [0.15, 0.2) is 11.5 Å². The highest BCUT2D eigenvalue weighted by molar-refractivity contribution is 9.10. The monoisotopic (exact) mass is 560 g/mol. The molecule has 0 aromatic heterocycles. The number of benzene rings is 2. The molecule has 0 aliphatic carbocycles. The predicted octanol–water partition coefficient (Wildman–Crippen LogP) is 4.60. The second-order valence-corrected chi connectivity index (χ2v) is 8.36. The Labute approximate surface area is 202 Å². The van der Waals surface area contributed by atoms with Crippen LogP contribution >= 0.6 is 31.9 Å². The number of rotatable bonds is 6. The quantitative estimate of drug-likeness (QED) is 0.316. The van der Waals surface area contributed by atoms with Gasteiger partial charge in [-0.25, -0.2) is 9.69 Å². The zero-order valence-corrected chi connectivity index (χ0v) is 20.4. The van der Waals surface area contributed by atoms with Crippen LogP contribution in [0.15, 0.2) is 44.9 Å². The molecule has 1 saturated heterocycles. The number of carbonyl (C=O) groups excluding carboxylic acids is 3. The van der Waals surface area contributed by atoms with E-state index < -0.39 is 17.8 Å². The number of barbiturate groups is 1. The maximum atomic E-state index is 13.1. The number of nitrogens with zero attached hydrogens (tertiary/aromatic N) is 1. The van der Waals surface area contributed by atoms with Crippen molar-refractivity contribution >= 4 is 61.5 Å². The Morgan fingerprint density at radius 3 is 2.53 bits per heavy atom. The summed E-state index contributed by atoms with van der Waals surface area (Å²) in [7, 11) is 0. The van der Waals surface area contributed by atoms with Crippen LogP contribution in [0.5, 0.6) is 11.5 Å². The first-order chi connectivity index (χ1) is 15.3. The van der Waals surface area contributed by atoms with Crippen LogP contribution in [0.2, 0.25) is 0 Å². The Balaban J connectivity index is 2.03. The van der Waals surface area contributed by atoms with Gasteiger partial charge in [-0.1, -0.05) is 21.9 Å². The largest absolute Gasteiger partial charge is 0.490 e. The molecule has 1 heterocycles. The molecule has 0 radical (unpaired) electrons. The number of nitrogens with one attached hydrogen (secondary N) is 1. The maximum Gasteiger partial charge on any atom is 0.335 e. The van der Waals surface area contributed by atoms with Crippen LogP contribution in [0.3, 0.4) is 0 Å². The smallest absolute Gasteiger partial charge is 0.335 e. The third-order valence-electron chi connectivity index (χ3n) is 4.44. The van der Waals surface area contributed by atoms with Crippen molar-refractivity contribution < 1.29 is 23.9 Å². The number of urea groups is 1. The topological polar surface area (TPSA) is 84.9 Å². The lowest BCUT2D eigenvalue weighted by molar-refractivity contribution is -0.122. The second kappa shape index (κ2) is 10.0. The van der Waals surface area contributed by atoms with E-state index in [1.165, 1.54) is 6.08 Å². The van der Waals surface area contributed by atoms with Crippen molar-refractivity contribution in [2.75, 3.05) is 18.1 Å². The van der Waals surface area contributed by atoms with Crippen LogP contribution < -0.4 is 19.7 Å². The summed E-state index contributed by atoms with van der Waals surface area (Å²) in [4.78, 5) is 39.0. The summed E-state index contributed by atoms with van der Waals surface area (Å²) in [5.41, 5.74) is 1.48. The van der Waals surface area contributed by atoms with Gasteiger partial charge in [0, 0.05) is 4.47 Å². The molecule has 0 saturated carbocycles. The maximum absolute atomic E-state index is 13.1. The molecule has 32 heavy (non-hydrogen) atoms. The molecule has 0 bridgehead atoms. The number of aryl methyl sites for hydroxylation is 1. The first kappa shape index (κ1) is 23.6. The van der Waals surface area contributed by atoms with E-state index in [-0.39, 0.29) is 12.2 Å². The van der Waals surface area contributed by atoms with E-state index in [9.17, 15) is 14.4 Å².